The van der Waals surface area contributed by atoms with Gasteiger partial charge in [0.05, 0.1) is 5.75 Å². The summed E-state index contributed by atoms with van der Waals surface area (Å²) in [6, 6.07) is 7.32. The van der Waals surface area contributed by atoms with Crippen LogP contribution in [-0.4, -0.2) is 36.5 Å². The maximum Gasteiger partial charge on any atom is 0.215 e. The Hall–Kier alpha value is -0.230. The van der Waals surface area contributed by atoms with E-state index >= 15 is 0 Å². The molecule has 3 nitrogen and oxygen atoms in total. The largest absolute Gasteiger partial charge is 0.215 e. The second-order valence-corrected chi connectivity index (χ2v) is 7.64. The third-order valence-electron chi connectivity index (χ3n) is 2.64. The van der Waals surface area contributed by atoms with Crippen molar-refractivity contribution in [3.8, 4) is 0 Å². The van der Waals surface area contributed by atoms with Crippen molar-refractivity contribution in [1.82, 2.24) is 4.31 Å². The third kappa shape index (κ3) is 3.61. The highest BCUT2D eigenvalue weighted by Crippen LogP contribution is 2.18. The van der Waals surface area contributed by atoms with Crippen LogP contribution in [0.2, 0.25) is 5.02 Å². The Morgan fingerprint density at radius 3 is 2.65 bits per heavy atom. The lowest BCUT2D eigenvalue weighted by Crippen LogP contribution is -2.32. The summed E-state index contributed by atoms with van der Waals surface area (Å²) in [7, 11) is -3.09. The van der Waals surface area contributed by atoms with Crippen LogP contribution < -0.4 is 0 Å². The molecule has 1 aromatic carbocycles. The number of hydrogen-bond acceptors (Lipinski definition) is 3. The molecule has 0 spiro atoms. The van der Waals surface area contributed by atoms with Crippen LogP contribution >= 0.6 is 23.4 Å². The van der Waals surface area contributed by atoms with Crippen molar-refractivity contribution in [2.75, 3.05) is 23.8 Å². The molecular weight excluding hydrogens is 278 g/mol. The Labute approximate surface area is 111 Å². The van der Waals surface area contributed by atoms with Crippen molar-refractivity contribution >= 4 is 33.4 Å². The van der Waals surface area contributed by atoms with E-state index in [9.17, 15) is 8.42 Å². The van der Waals surface area contributed by atoms with E-state index in [4.69, 9.17) is 11.6 Å². The maximum atomic E-state index is 12.0. The summed E-state index contributed by atoms with van der Waals surface area (Å²) in [5, 5.41) is 0.669. The van der Waals surface area contributed by atoms with Gasteiger partial charge >= 0.3 is 0 Å². The number of nitrogens with zero attached hydrogens (tertiary/aromatic N) is 1. The second-order valence-electron chi connectivity index (χ2n) is 3.89. The average Bonchev–Trinajstić information content (AvgIpc) is 2.44. The van der Waals surface area contributed by atoms with Gasteiger partial charge in [-0.15, -0.1) is 0 Å². The van der Waals surface area contributed by atoms with Crippen LogP contribution in [0.4, 0.5) is 0 Å². The molecule has 1 heterocycles. The topological polar surface area (TPSA) is 37.4 Å². The molecule has 1 fully saturated rings. The molecule has 0 atom stereocenters. The van der Waals surface area contributed by atoms with Crippen LogP contribution in [0.3, 0.4) is 0 Å². The standard InChI is InChI=1S/C11H14ClNO2S2/c12-11-3-1-10(2-4-11)9-13-5-6-16-7-8-17(13,14)15/h1-4H,5-9H2. The zero-order chi connectivity index (χ0) is 12.3. The van der Waals surface area contributed by atoms with E-state index in [1.807, 2.05) is 12.1 Å². The van der Waals surface area contributed by atoms with Crippen molar-refractivity contribution in [3.63, 3.8) is 0 Å². The molecule has 0 unspecified atom stereocenters. The quantitative estimate of drug-likeness (QED) is 0.838. The first-order chi connectivity index (χ1) is 8.08. The van der Waals surface area contributed by atoms with Crippen LogP contribution in [-0.2, 0) is 16.6 Å². The summed E-state index contributed by atoms with van der Waals surface area (Å²) in [4.78, 5) is 0. The highest BCUT2D eigenvalue weighted by molar-refractivity contribution is 8.00. The molecule has 1 aliphatic rings. The second kappa shape index (κ2) is 5.61. The van der Waals surface area contributed by atoms with Crippen molar-refractivity contribution in [3.05, 3.63) is 34.9 Å². The van der Waals surface area contributed by atoms with Crippen molar-refractivity contribution in [1.29, 1.82) is 0 Å². The number of thioether (sulfide) groups is 1. The molecule has 0 bridgehead atoms. The predicted molar refractivity (Wildman–Crippen MR) is 73.0 cm³/mol. The lowest BCUT2D eigenvalue weighted by molar-refractivity contribution is 0.429. The van der Waals surface area contributed by atoms with Gasteiger partial charge in [-0.3, -0.25) is 0 Å². The SMILES string of the molecule is O=S1(=O)CCSCCN1Cc1ccc(Cl)cc1. The minimum Gasteiger partial charge on any atom is -0.212 e. The fourth-order valence-electron chi connectivity index (χ4n) is 1.67. The Morgan fingerprint density at radius 2 is 1.94 bits per heavy atom. The molecule has 1 aliphatic heterocycles. The van der Waals surface area contributed by atoms with Gasteiger partial charge in [-0.2, -0.15) is 16.1 Å². The van der Waals surface area contributed by atoms with Gasteiger partial charge in [-0.25, -0.2) is 8.42 Å². The van der Waals surface area contributed by atoms with Gasteiger partial charge in [0, 0.05) is 29.6 Å². The van der Waals surface area contributed by atoms with Gasteiger partial charge in [0.25, 0.3) is 0 Å². The molecule has 0 aliphatic carbocycles. The normalized spacial score (nSPS) is 21.0. The van der Waals surface area contributed by atoms with E-state index in [2.05, 4.69) is 0 Å². The highest BCUT2D eigenvalue weighted by Gasteiger charge is 2.24. The average molecular weight is 292 g/mol. The van der Waals surface area contributed by atoms with Crippen LogP contribution in [0.5, 0.6) is 0 Å². The van der Waals surface area contributed by atoms with Gasteiger partial charge in [-0.05, 0) is 17.7 Å². The van der Waals surface area contributed by atoms with Gasteiger partial charge in [0.15, 0.2) is 0 Å². The highest BCUT2D eigenvalue weighted by atomic mass is 35.5. The van der Waals surface area contributed by atoms with E-state index in [1.165, 1.54) is 0 Å². The summed E-state index contributed by atoms with van der Waals surface area (Å²) in [5.74, 6) is 1.80. The summed E-state index contributed by atoms with van der Waals surface area (Å²) < 4.78 is 25.5. The van der Waals surface area contributed by atoms with E-state index < -0.39 is 10.0 Å². The molecule has 0 radical (unpaired) electrons. The molecule has 1 aromatic rings. The first kappa shape index (κ1) is 13.2. The Balaban J connectivity index is 2.13. The molecule has 2 rings (SSSR count). The third-order valence-corrected chi connectivity index (χ3v) is 5.93. The zero-order valence-corrected chi connectivity index (χ0v) is 11.7. The Bertz CT molecular complexity index is 473. The fraction of sp³-hybridized carbons (Fsp3) is 0.455. The summed E-state index contributed by atoms with van der Waals surface area (Å²) >= 11 is 7.49. The van der Waals surface area contributed by atoms with Crippen LogP contribution in [0.25, 0.3) is 0 Å². The molecule has 1 saturated heterocycles. The van der Waals surface area contributed by atoms with Crippen LogP contribution in [0.15, 0.2) is 24.3 Å². The van der Waals surface area contributed by atoms with E-state index in [0.29, 0.717) is 23.9 Å². The first-order valence-corrected chi connectivity index (χ1v) is 8.52. The molecule has 0 N–H and O–H groups in total. The maximum absolute atomic E-state index is 12.0. The minimum absolute atomic E-state index is 0.241. The zero-order valence-electron chi connectivity index (χ0n) is 9.30. The number of hydrogen-bond donors (Lipinski definition) is 0. The van der Waals surface area contributed by atoms with Crippen LogP contribution in [0, 0.1) is 0 Å². The lowest BCUT2D eigenvalue weighted by atomic mass is 10.2. The number of benzene rings is 1. The number of rotatable bonds is 2. The van der Waals surface area contributed by atoms with E-state index in [1.54, 1.807) is 28.2 Å². The molecule has 0 saturated carbocycles. The predicted octanol–water partition coefficient (Wildman–Crippen LogP) is 2.22. The van der Waals surface area contributed by atoms with Gasteiger partial charge in [-0.1, -0.05) is 23.7 Å². The summed E-state index contributed by atoms with van der Waals surface area (Å²) in [6.45, 7) is 1.04. The smallest absolute Gasteiger partial charge is 0.212 e. The molecule has 6 heteroatoms. The van der Waals surface area contributed by atoms with Gasteiger partial charge < -0.3 is 0 Å². The van der Waals surface area contributed by atoms with Gasteiger partial charge in [0.2, 0.25) is 10.0 Å². The molecular formula is C11H14ClNO2S2. The van der Waals surface area contributed by atoms with E-state index in [0.717, 1.165) is 11.3 Å². The Kier molecular flexibility index (Phi) is 4.36. The minimum atomic E-state index is -3.09. The van der Waals surface area contributed by atoms with Crippen molar-refractivity contribution in [2.45, 2.75) is 6.54 Å². The lowest BCUT2D eigenvalue weighted by Gasteiger charge is -2.19. The summed E-state index contributed by atoms with van der Waals surface area (Å²) in [5.41, 5.74) is 0.977. The molecule has 0 amide bonds. The fourth-order valence-corrected chi connectivity index (χ4v) is 4.75. The Morgan fingerprint density at radius 1 is 1.24 bits per heavy atom. The summed E-state index contributed by atoms with van der Waals surface area (Å²) in [6.07, 6.45) is 0. The molecule has 94 valence electrons. The molecule has 0 aromatic heterocycles. The van der Waals surface area contributed by atoms with Gasteiger partial charge in [0.1, 0.15) is 0 Å². The number of halogens is 1. The van der Waals surface area contributed by atoms with Crippen LogP contribution in [0.1, 0.15) is 5.56 Å². The first-order valence-electron chi connectivity index (χ1n) is 5.38. The van der Waals surface area contributed by atoms with Crippen molar-refractivity contribution < 1.29 is 8.42 Å². The molecule has 17 heavy (non-hydrogen) atoms. The van der Waals surface area contributed by atoms with E-state index in [-0.39, 0.29) is 5.75 Å². The van der Waals surface area contributed by atoms with Crippen molar-refractivity contribution in [2.24, 2.45) is 0 Å². The number of sulfonamides is 1. The monoisotopic (exact) mass is 291 g/mol.